The van der Waals surface area contributed by atoms with Crippen molar-refractivity contribution >= 4 is 18.3 Å². The largest absolute Gasteiger partial charge is 0.493 e. The number of non-ortho nitro benzene ring substituents is 1. The van der Waals surface area contributed by atoms with Gasteiger partial charge in [-0.2, -0.15) is 12.6 Å². The summed E-state index contributed by atoms with van der Waals surface area (Å²) in [6.07, 6.45) is 0. The number of hydrogen-bond acceptors (Lipinski definition) is 5. The molecule has 1 unspecified atom stereocenters. The summed E-state index contributed by atoms with van der Waals surface area (Å²) in [6.45, 7) is 6.88. The summed E-state index contributed by atoms with van der Waals surface area (Å²) < 4.78 is 10.9. The highest BCUT2D eigenvalue weighted by Crippen LogP contribution is 2.33. The Balaban J connectivity index is 2.85. The lowest BCUT2D eigenvalue weighted by Crippen LogP contribution is -2.28. The molecule has 20 heavy (non-hydrogen) atoms. The van der Waals surface area contributed by atoms with Crippen LogP contribution < -0.4 is 9.47 Å². The molecule has 0 spiro atoms. The van der Waals surface area contributed by atoms with Gasteiger partial charge < -0.3 is 9.47 Å². The number of methoxy groups -OCH3 is 1. The standard InChI is InChI=1S/C14H21NO4S/c1-14(2,3)10(9-20)8-19-12-6-5-11(15(16)17)7-13(12)18-4/h5-7,10,20H,8-9H2,1-4H3. The fourth-order valence-corrected chi connectivity index (χ4v) is 2.31. The number of nitro benzene ring substituents is 1. The second-order valence-corrected chi connectivity index (χ2v) is 6.01. The van der Waals surface area contributed by atoms with Gasteiger partial charge in [-0.25, -0.2) is 0 Å². The molecule has 0 aliphatic carbocycles. The van der Waals surface area contributed by atoms with Crippen LogP contribution in [0.4, 0.5) is 5.69 Å². The monoisotopic (exact) mass is 299 g/mol. The van der Waals surface area contributed by atoms with E-state index in [2.05, 4.69) is 33.4 Å². The van der Waals surface area contributed by atoms with Gasteiger partial charge in [-0.1, -0.05) is 20.8 Å². The van der Waals surface area contributed by atoms with Crippen molar-refractivity contribution in [1.82, 2.24) is 0 Å². The van der Waals surface area contributed by atoms with Gasteiger partial charge in [0.05, 0.1) is 24.7 Å². The smallest absolute Gasteiger partial charge is 0.273 e. The zero-order valence-electron chi connectivity index (χ0n) is 12.3. The number of nitro groups is 1. The molecule has 112 valence electrons. The van der Waals surface area contributed by atoms with Crippen LogP contribution in [0.3, 0.4) is 0 Å². The molecule has 0 aliphatic heterocycles. The zero-order chi connectivity index (χ0) is 15.3. The molecule has 0 aromatic heterocycles. The van der Waals surface area contributed by atoms with E-state index in [4.69, 9.17) is 9.47 Å². The maximum atomic E-state index is 10.7. The minimum Gasteiger partial charge on any atom is -0.493 e. The maximum absolute atomic E-state index is 10.7. The van der Waals surface area contributed by atoms with Crippen LogP contribution in [-0.4, -0.2) is 24.4 Å². The molecule has 0 saturated heterocycles. The first-order valence-electron chi connectivity index (χ1n) is 6.35. The van der Waals surface area contributed by atoms with Crippen molar-refractivity contribution in [2.24, 2.45) is 11.3 Å². The van der Waals surface area contributed by atoms with E-state index in [1.165, 1.54) is 19.2 Å². The van der Waals surface area contributed by atoms with Crippen LogP contribution in [0.1, 0.15) is 20.8 Å². The van der Waals surface area contributed by atoms with Crippen LogP contribution in [0.25, 0.3) is 0 Å². The van der Waals surface area contributed by atoms with Crippen LogP contribution in [0.2, 0.25) is 0 Å². The third-order valence-electron chi connectivity index (χ3n) is 3.24. The number of hydrogen-bond donors (Lipinski definition) is 1. The van der Waals surface area contributed by atoms with Gasteiger partial charge in [-0.3, -0.25) is 10.1 Å². The average Bonchev–Trinajstić information content (AvgIpc) is 2.37. The normalized spacial score (nSPS) is 12.8. The van der Waals surface area contributed by atoms with Crippen molar-refractivity contribution < 1.29 is 14.4 Å². The summed E-state index contributed by atoms with van der Waals surface area (Å²) in [6, 6.07) is 4.34. The summed E-state index contributed by atoms with van der Waals surface area (Å²) in [5.41, 5.74) is 0.0613. The summed E-state index contributed by atoms with van der Waals surface area (Å²) in [4.78, 5) is 10.3. The molecular formula is C14H21NO4S. The van der Waals surface area contributed by atoms with Crippen LogP contribution in [0, 0.1) is 21.4 Å². The Bertz CT molecular complexity index is 471. The van der Waals surface area contributed by atoms with Crippen molar-refractivity contribution in [2.45, 2.75) is 20.8 Å². The summed E-state index contributed by atoms with van der Waals surface area (Å²) in [5, 5.41) is 10.7. The van der Waals surface area contributed by atoms with Crippen LogP contribution in [0.15, 0.2) is 18.2 Å². The molecule has 5 nitrogen and oxygen atoms in total. The summed E-state index contributed by atoms with van der Waals surface area (Å²) in [5.74, 6) is 1.85. The van der Waals surface area contributed by atoms with Crippen molar-refractivity contribution in [3.8, 4) is 11.5 Å². The first-order chi connectivity index (χ1) is 9.29. The second-order valence-electron chi connectivity index (χ2n) is 5.65. The predicted octanol–water partition coefficient (Wildman–Crippen LogP) is 3.57. The SMILES string of the molecule is COc1cc([N+](=O)[O-])ccc1OCC(CS)C(C)(C)C. The summed E-state index contributed by atoms with van der Waals surface area (Å²) >= 11 is 4.35. The van der Waals surface area contributed by atoms with Crippen molar-refractivity contribution in [1.29, 1.82) is 0 Å². The minimum absolute atomic E-state index is 0.0178. The number of thiol groups is 1. The Labute approximate surface area is 124 Å². The van der Waals surface area contributed by atoms with Gasteiger partial charge in [0.1, 0.15) is 0 Å². The van der Waals surface area contributed by atoms with Gasteiger partial charge in [0.25, 0.3) is 5.69 Å². The quantitative estimate of drug-likeness (QED) is 0.495. The number of ether oxygens (including phenoxy) is 2. The van der Waals surface area contributed by atoms with Crippen molar-refractivity contribution in [2.75, 3.05) is 19.5 Å². The first kappa shape index (κ1) is 16.6. The fraction of sp³-hybridized carbons (Fsp3) is 0.571. The molecule has 0 radical (unpaired) electrons. The average molecular weight is 299 g/mol. The van der Waals surface area contributed by atoms with E-state index in [0.29, 0.717) is 23.9 Å². The lowest BCUT2D eigenvalue weighted by molar-refractivity contribution is -0.385. The fourth-order valence-electron chi connectivity index (χ4n) is 1.66. The van der Waals surface area contributed by atoms with Crippen molar-refractivity contribution in [3.63, 3.8) is 0 Å². The van der Waals surface area contributed by atoms with E-state index >= 15 is 0 Å². The van der Waals surface area contributed by atoms with E-state index in [-0.39, 0.29) is 17.0 Å². The number of benzene rings is 1. The maximum Gasteiger partial charge on any atom is 0.273 e. The third-order valence-corrected chi connectivity index (χ3v) is 3.68. The summed E-state index contributed by atoms with van der Waals surface area (Å²) in [7, 11) is 1.46. The molecule has 0 bridgehead atoms. The minimum atomic E-state index is -0.460. The Kier molecular flexibility index (Phi) is 5.68. The highest BCUT2D eigenvalue weighted by molar-refractivity contribution is 7.80. The topological polar surface area (TPSA) is 61.6 Å². The molecule has 0 saturated carbocycles. The van der Waals surface area contributed by atoms with E-state index in [9.17, 15) is 10.1 Å². The molecule has 1 aromatic carbocycles. The number of nitrogens with zero attached hydrogens (tertiary/aromatic N) is 1. The third kappa shape index (κ3) is 4.30. The van der Waals surface area contributed by atoms with E-state index in [1.54, 1.807) is 6.07 Å². The molecule has 1 rings (SSSR count). The molecule has 1 aromatic rings. The molecule has 1 atom stereocenters. The Hall–Kier alpha value is -1.43. The number of rotatable bonds is 6. The molecule has 0 heterocycles. The van der Waals surface area contributed by atoms with Crippen LogP contribution >= 0.6 is 12.6 Å². The molecule has 0 N–H and O–H groups in total. The van der Waals surface area contributed by atoms with Gasteiger partial charge in [0.15, 0.2) is 11.5 Å². The van der Waals surface area contributed by atoms with Gasteiger partial charge in [-0.15, -0.1) is 0 Å². The second kappa shape index (κ2) is 6.83. The van der Waals surface area contributed by atoms with Gasteiger partial charge in [0, 0.05) is 12.0 Å². The lowest BCUT2D eigenvalue weighted by Gasteiger charge is -2.29. The molecular weight excluding hydrogens is 278 g/mol. The van der Waals surface area contributed by atoms with Crippen molar-refractivity contribution in [3.05, 3.63) is 28.3 Å². The Morgan fingerprint density at radius 2 is 2.00 bits per heavy atom. The Morgan fingerprint density at radius 3 is 2.45 bits per heavy atom. The van der Waals surface area contributed by atoms with E-state index < -0.39 is 4.92 Å². The van der Waals surface area contributed by atoms with Gasteiger partial charge in [-0.05, 0) is 17.2 Å². The molecule has 0 fully saturated rings. The van der Waals surface area contributed by atoms with Crippen LogP contribution in [-0.2, 0) is 0 Å². The highest BCUT2D eigenvalue weighted by atomic mass is 32.1. The zero-order valence-corrected chi connectivity index (χ0v) is 13.1. The van der Waals surface area contributed by atoms with E-state index in [1.807, 2.05) is 0 Å². The van der Waals surface area contributed by atoms with E-state index in [0.717, 1.165) is 0 Å². The Morgan fingerprint density at radius 1 is 1.35 bits per heavy atom. The van der Waals surface area contributed by atoms with Gasteiger partial charge in [0.2, 0.25) is 0 Å². The molecule has 6 heteroatoms. The van der Waals surface area contributed by atoms with Crippen LogP contribution in [0.5, 0.6) is 11.5 Å². The lowest BCUT2D eigenvalue weighted by atomic mass is 9.82. The molecule has 0 amide bonds. The molecule has 0 aliphatic rings. The first-order valence-corrected chi connectivity index (χ1v) is 6.99. The highest BCUT2D eigenvalue weighted by Gasteiger charge is 2.24. The predicted molar refractivity (Wildman–Crippen MR) is 81.9 cm³/mol. The van der Waals surface area contributed by atoms with Gasteiger partial charge >= 0.3 is 0 Å².